The first-order valence-corrected chi connectivity index (χ1v) is 7.35. The Morgan fingerprint density at radius 3 is 2.40 bits per heavy atom. The minimum absolute atomic E-state index is 0.0313. The van der Waals surface area contributed by atoms with Gasteiger partial charge in [-0.3, -0.25) is 4.79 Å². The van der Waals surface area contributed by atoms with Crippen LogP contribution in [0.2, 0.25) is 5.02 Å². The minimum Gasteiger partial charge on any atom is -0.484 e. The summed E-state index contributed by atoms with van der Waals surface area (Å²) in [6.45, 7) is 8.08. The van der Waals surface area contributed by atoms with Gasteiger partial charge in [0, 0.05) is 5.02 Å². The lowest BCUT2D eigenvalue weighted by Crippen LogP contribution is -2.48. The predicted molar refractivity (Wildman–Crippen MR) is 82.1 cm³/mol. The molecule has 4 nitrogen and oxygen atoms in total. The van der Waals surface area contributed by atoms with Gasteiger partial charge in [0.15, 0.2) is 6.61 Å². The number of ether oxygens (including phenoxy) is 1. The number of hydrogen-bond acceptors (Lipinski definition) is 2. The Kier molecular flexibility index (Phi) is 6.82. The highest BCUT2D eigenvalue weighted by Crippen LogP contribution is 2.15. The highest BCUT2D eigenvalue weighted by atomic mass is 35.5. The number of nitrogens with one attached hydrogen (secondary N) is 1. The molecule has 0 heterocycles. The van der Waals surface area contributed by atoms with Crippen molar-refractivity contribution < 1.29 is 14.0 Å². The molecule has 0 spiro atoms. The van der Waals surface area contributed by atoms with E-state index in [1.54, 1.807) is 24.3 Å². The lowest BCUT2D eigenvalue weighted by atomic mass is 10.3. The number of quaternary nitrogens is 1. The van der Waals surface area contributed by atoms with Gasteiger partial charge in [0.2, 0.25) is 0 Å². The summed E-state index contributed by atoms with van der Waals surface area (Å²) in [7, 11) is 2.19. The van der Waals surface area contributed by atoms with Gasteiger partial charge in [0.25, 0.3) is 5.91 Å². The van der Waals surface area contributed by atoms with E-state index in [2.05, 4.69) is 26.2 Å². The van der Waals surface area contributed by atoms with Gasteiger partial charge in [-0.2, -0.15) is 0 Å². The van der Waals surface area contributed by atoms with Crippen molar-refractivity contribution in [2.45, 2.75) is 13.8 Å². The van der Waals surface area contributed by atoms with Crippen molar-refractivity contribution in [2.24, 2.45) is 0 Å². The van der Waals surface area contributed by atoms with Gasteiger partial charge >= 0.3 is 0 Å². The molecule has 1 amide bonds. The molecule has 0 aliphatic heterocycles. The zero-order valence-electron chi connectivity index (χ0n) is 12.5. The first-order valence-electron chi connectivity index (χ1n) is 6.97. The summed E-state index contributed by atoms with van der Waals surface area (Å²) >= 11 is 5.78. The highest BCUT2D eigenvalue weighted by molar-refractivity contribution is 6.30. The quantitative estimate of drug-likeness (QED) is 0.748. The maximum absolute atomic E-state index is 11.7. The Labute approximate surface area is 126 Å². The second-order valence-corrected chi connectivity index (χ2v) is 5.50. The number of halogens is 1. The van der Waals surface area contributed by atoms with Crippen LogP contribution in [-0.4, -0.2) is 50.2 Å². The summed E-state index contributed by atoms with van der Waals surface area (Å²) < 4.78 is 6.34. The molecular formula is C15H24ClN2O2+. The van der Waals surface area contributed by atoms with Crippen LogP contribution >= 0.6 is 11.6 Å². The van der Waals surface area contributed by atoms with E-state index in [-0.39, 0.29) is 12.5 Å². The molecule has 0 saturated carbocycles. The second kappa shape index (κ2) is 8.12. The average Bonchev–Trinajstić information content (AvgIpc) is 2.46. The second-order valence-electron chi connectivity index (χ2n) is 5.07. The van der Waals surface area contributed by atoms with E-state index in [0.29, 0.717) is 17.3 Å². The molecule has 0 bridgehead atoms. The molecule has 0 aromatic heterocycles. The zero-order chi connectivity index (χ0) is 15.0. The molecule has 0 aliphatic rings. The zero-order valence-corrected chi connectivity index (χ0v) is 13.2. The lowest BCUT2D eigenvalue weighted by molar-refractivity contribution is -0.904. The van der Waals surface area contributed by atoms with Gasteiger partial charge in [0.1, 0.15) is 5.75 Å². The van der Waals surface area contributed by atoms with E-state index in [4.69, 9.17) is 16.3 Å². The van der Waals surface area contributed by atoms with Crippen LogP contribution in [0.1, 0.15) is 13.8 Å². The normalized spacial score (nSPS) is 11.2. The molecule has 1 aromatic carbocycles. The van der Waals surface area contributed by atoms with Gasteiger partial charge in [-0.25, -0.2) is 0 Å². The van der Waals surface area contributed by atoms with Crippen molar-refractivity contribution in [3.05, 3.63) is 29.3 Å². The average molecular weight is 300 g/mol. The fraction of sp³-hybridized carbons (Fsp3) is 0.533. The molecule has 0 saturated heterocycles. The standard InChI is InChI=1S/C15H23ClN2O2/c1-4-18(3,5-2)11-10-17-15(19)12-20-14-8-6-13(16)7-9-14/h6-9H,4-5,10-12H2,1-3H3/p+1. The van der Waals surface area contributed by atoms with E-state index in [0.717, 1.165) is 24.1 Å². The summed E-state index contributed by atoms with van der Waals surface area (Å²) in [5, 5.41) is 3.53. The monoisotopic (exact) mass is 299 g/mol. The van der Waals surface area contributed by atoms with Crippen LogP contribution in [0.25, 0.3) is 0 Å². The SMILES string of the molecule is CC[N+](C)(CC)CCNC(=O)COc1ccc(Cl)cc1. The van der Waals surface area contributed by atoms with Crippen molar-refractivity contribution in [2.75, 3.05) is 39.8 Å². The maximum atomic E-state index is 11.7. The van der Waals surface area contributed by atoms with E-state index < -0.39 is 0 Å². The van der Waals surface area contributed by atoms with E-state index in [1.165, 1.54) is 0 Å². The Bertz CT molecular complexity index is 416. The van der Waals surface area contributed by atoms with Gasteiger partial charge in [0.05, 0.1) is 33.2 Å². The largest absolute Gasteiger partial charge is 0.484 e. The van der Waals surface area contributed by atoms with Crippen LogP contribution in [0.5, 0.6) is 5.75 Å². The van der Waals surface area contributed by atoms with Crippen LogP contribution in [0.15, 0.2) is 24.3 Å². The van der Waals surface area contributed by atoms with Crippen LogP contribution in [0, 0.1) is 0 Å². The molecule has 1 rings (SSSR count). The molecule has 0 radical (unpaired) electrons. The van der Waals surface area contributed by atoms with Crippen molar-refractivity contribution >= 4 is 17.5 Å². The van der Waals surface area contributed by atoms with Crippen molar-refractivity contribution in [1.82, 2.24) is 5.32 Å². The van der Waals surface area contributed by atoms with E-state index >= 15 is 0 Å². The molecule has 1 aromatic rings. The first-order chi connectivity index (χ1) is 9.49. The minimum atomic E-state index is -0.0984. The van der Waals surface area contributed by atoms with E-state index in [9.17, 15) is 4.79 Å². The number of likely N-dealkylation sites (N-methyl/N-ethyl adjacent to an activating group) is 1. The molecule has 1 N–H and O–H groups in total. The lowest BCUT2D eigenvalue weighted by Gasteiger charge is -2.32. The van der Waals surface area contributed by atoms with Gasteiger partial charge in [-0.05, 0) is 38.1 Å². The number of benzene rings is 1. The molecular weight excluding hydrogens is 276 g/mol. The third-order valence-electron chi connectivity index (χ3n) is 3.68. The third-order valence-corrected chi connectivity index (χ3v) is 3.94. The molecule has 0 fully saturated rings. The van der Waals surface area contributed by atoms with Crippen LogP contribution in [0.3, 0.4) is 0 Å². The van der Waals surface area contributed by atoms with Gasteiger partial charge < -0.3 is 14.5 Å². The highest BCUT2D eigenvalue weighted by Gasteiger charge is 2.16. The number of hydrogen-bond donors (Lipinski definition) is 1. The Balaban J connectivity index is 2.25. The van der Waals surface area contributed by atoms with Crippen molar-refractivity contribution in [3.63, 3.8) is 0 Å². The number of carbonyl (C=O) groups is 1. The van der Waals surface area contributed by atoms with Gasteiger partial charge in [-0.15, -0.1) is 0 Å². The fourth-order valence-corrected chi connectivity index (χ4v) is 1.86. The maximum Gasteiger partial charge on any atom is 0.258 e. The van der Waals surface area contributed by atoms with Crippen LogP contribution in [-0.2, 0) is 4.79 Å². The summed E-state index contributed by atoms with van der Waals surface area (Å²) in [5.41, 5.74) is 0. The van der Waals surface area contributed by atoms with Crippen molar-refractivity contribution in [3.8, 4) is 5.75 Å². The third kappa shape index (κ3) is 5.80. The van der Waals surface area contributed by atoms with Crippen LogP contribution in [0.4, 0.5) is 0 Å². The summed E-state index contributed by atoms with van der Waals surface area (Å²) in [6, 6.07) is 6.97. The Hall–Kier alpha value is -1.26. The molecule has 0 atom stereocenters. The molecule has 0 unspecified atom stereocenters. The molecule has 112 valence electrons. The Morgan fingerprint density at radius 2 is 1.85 bits per heavy atom. The van der Waals surface area contributed by atoms with Crippen molar-refractivity contribution in [1.29, 1.82) is 0 Å². The Morgan fingerprint density at radius 1 is 1.25 bits per heavy atom. The number of nitrogens with zero attached hydrogens (tertiary/aromatic N) is 1. The number of rotatable bonds is 8. The molecule has 20 heavy (non-hydrogen) atoms. The van der Waals surface area contributed by atoms with Crippen LogP contribution < -0.4 is 10.1 Å². The van der Waals surface area contributed by atoms with E-state index in [1.807, 2.05) is 0 Å². The summed E-state index contributed by atoms with van der Waals surface area (Å²) in [5.74, 6) is 0.547. The first kappa shape index (κ1) is 16.8. The van der Waals surface area contributed by atoms with Gasteiger partial charge in [-0.1, -0.05) is 11.6 Å². The number of amides is 1. The summed E-state index contributed by atoms with van der Waals surface area (Å²) in [4.78, 5) is 11.7. The predicted octanol–water partition coefficient (Wildman–Crippen LogP) is 2.32. The molecule has 5 heteroatoms. The fourth-order valence-electron chi connectivity index (χ4n) is 1.74. The smallest absolute Gasteiger partial charge is 0.258 e. The summed E-state index contributed by atoms with van der Waals surface area (Å²) in [6.07, 6.45) is 0. The molecule has 0 aliphatic carbocycles. The topological polar surface area (TPSA) is 38.3 Å². The number of carbonyl (C=O) groups excluding carboxylic acids is 1.